The van der Waals surface area contributed by atoms with Crippen LogP contribution < -0.4 is 0 Å². The molecule has 0 heterocycles. The maximum Gasteiger partial charge on any atom is 0.0613 e. The second-order valence-corrected chi connectivity index (χ2v) is 3.21. The molecule has 68 valence electrons. The maximum absolute atomic E-state index is 9.44. The van der Waals surface area contributed by atoms with E-state index in [0.717, 1.165) is 0 Å². The van der Waals surface area contributed by atoms with Gasteiger partial charge in [0.2, 0.25) is 0 Å². The van der Waals surface area contributed by atoms with Crippen molar-refractivity contribution in [3.63, 3.8) is 0 Å². The lowest BCUT2D eigenvalue weighted by molar-refractivity contribution is -0.0219. The quantitative estimate of drug-likeness (QED) is 0.539. The van der Waals surface area contributed by atoms with Crippen LogP contribution in [0.5, 0.6) is 0 Å². The zero-order valence-electron chi connectivity index (χ0n) is 7.25. The molecule has 0 aliphatic carbocycles. The summed E-state index contributed by atoms with van der Waals surface area (Å²) in [6.07, 6.45) is 0.523. The molecule has 0 aromatic rings. The molecule has 0 radical (unpaired) electrons. The van der Waals surface area contributed by atoms with E-state index in [1.807, 2.05) is 6.92 Å². The molecule has 0 amide bonds. The minimum atomic E-state index is -0.538. The Morgan fingerprint density at radius 3 is 2.18 bits per heavy atom. The third kappa shape index (κ3) is 2.77. The number of aliphatic hydroxyl groups excluding tert-OH is 3. The molecule has 0 aliphatic heterocycles. The van der Waals surface area contributed by atoms with E-state index in [-0.39, 0.29) is 13.2 Å². The number of aliphatic hydroxyl groups is 3. The van der Waals surface area contributed by atoms with Gasteiger partial charge < -0.3 is 15.3 Å². The van der Waals surface area contributed by atoms with Gasteiger partial charge in [0.15, 0.2) is 0 Å². The normalized spacial score (nSPS) is 19.4. The highest BCUT2D eigenvalue weighted by atomic mass is 16.3. The van der Waals surface area contributed by atoms with Crippen LogP contribution in [0.2, 0.25) is 0 Å². The van der Waals surface area contributed by atoms with Crippen LogP contribution in [0.25, 0.3) is 0 Å². The van der Waals surface area contributed by atoms with Crippen LogP contribution in [0.1, 0.15) is 26.7 Å². The lowest BCUT2D eigenvalue weighted by atomic mass is 9.81. The molecule has 3 nitrogen and oxygen atoms in total. The fourth-order valence-corrected chi connectivity index (χ4v) is 1.10. The smallest absolute Gasteiger partial charge is 0.0613 e. The first kappa shape index (κ1) is 10.9. The summed E-state index contributed by atoms with van der Waals surface area (Å²) in [7, 11) is 0. The minimum Gasteiger partial charge on any atom is -0.396 e. The van der Waals surface area contributed by atoms with Gasteiger partial charge in [0.1, 0.15) is 0 Å². The molecule has 0 fully saturated rings. The van der Waals surface area contributed by atoms with E-state index in [0.29, 0.717) is 12.8 Å². The van der Waals surface area contributed by atoms with Crippen LogP contribution in [0.4, 0.5) is 0 Å². The Bertz CT molecular complexity index is 106. The van der Waals surface area contributed by atoms with Crippen molar-refractivity contribution in [1.29, 1.82) is 0 Å². The van der Waals surface area contributed by atoms with Gasteiger partial charge in [-0.3, -0.25) is 0 Å². The summed E-state index contributed by atoms with van der Waals surface area (Å²) in [6.45, 7) is 3.56. The Morgan fingerprint density at radius 2 is 1.91 bits per heavy atom. The molecular weight excluding hydrogens is 144 g/mol. The van der Waals surface area contributed by atoms with Gasteiger partial charge in [-0.25, -0.2) is 0 Å². The molecular formula is C8H18O3. The van der Waals surface area contributed by atoms with E-state index < -0.39 is 11.5 Å². The summed E-state index contributed by atoms with van der Waals surface area (Å²) in [4.78, 5) is 0. The van der Waals surface area contributed by atoms with Crippen molar-refractivity contribution in [2.24, 2.45) is 5.41 Å². The summed E-state index contributed by atoms with van der Waals surface area (Å²) in [5.41, 5.74) is -0.538. The van der Waals surface area contributed by atoms with Crippen LogP contribution in [0.3, 0.4) is 0 Å². The van der Waals surface area contributed by atoms with E-state index in [4.69, 9.17) is 10.2 Å². The number of hydrogen-bond acceptors (Lipinski definition) is 3. The van der Waals surface area contributed by atoms with Crippen molar-refractivity contribution < 1.29 is 15.3 Å². The van der Waals surface area contributed by atoms with Crippen molar-refractivity contribution in [1.82, 2.24) is 0 Å². The zero-order chi connectivity index (χ0) is 8.91. The zero-order valence-corrected chi connectivity index (χ0v) is 7.25. The number of rotatable bonds is 5. The van der Waals surface area contributed by atoms with Crippen molar-refractivity contribution in [3.8, 4) is 0 Å². The molecule has 3 N–H and O–H groups in total. The summed E-state index contributed by atoms with van der Waals surface area (Å²) >= 11 is 0. The Kier molecular flexibility index (Phi) is 4.65. The summed E-state index contributed by atoms with van der Waals surface area (Å²) in [5, 5.41) is 27.0. The van der Waals surface area contributed by atoms with Crippen molar-refractivity contribution >= 4 is 0 Å². The lowest BCUT2D eigenvalue weighted by Gasteiger charge is -2.31. The lowest BCUT2D eigenvalue weighted by Crippen LogP contribution is -2.36. The Balaban J connectivity index is 4.07. The van der Waals surface area contributed by atoms with Gasteiger partial charge >= 0.3 is 0 Å². The van der Waals surface area contributed by atoms with Crippen LogP contribution in [0, 0.1) is 5.41 Å². The van der Waals surface area contributed by atoms with E-state index in [2.05, 4.69) is 0 Å². The van der Waals surface area contributed by atoms with Crippen molar-refractivity contribution in [2.45, 2.75) is 32.8 Å². The van der Waals surface area contributed by atoms with Crippen LogP contribution >= 0.6 is 0 Å². The van der Waals surface area contributed by atoms with Crippen LogP contribution in [0.15, 0.2) is 0 Å². The standard InChI is InChI=1S/C8H18O3/c1-3-7(11)8(2,6-10)4-5-9/h7,9-11H,3-6H2,1-2H3/t7-,8+/m0/s1. The molecule has 0 unspecified atom stereocenters. The third-order valence-corrected chi connectivity index (χ3v) is 2.24. The van der Waals surface area contributed by atoms with E-state index >= 15 is 0 Å². The molecule has 0 bridgehead atoms. The van der Waals surface area contributed by atoms with Crippen LogP contribution in [-0.2, 0) is 0 Å². The molecule has 0 aromatic carbocycles. The molecule has 11 heavy (non-hydrogen) atoms. The summed E-state index contributed by atoms with van der Waals surface area (Å²) in [6, 6.07) is 0. The van der Waals surface area contributed by atoms with Crippen LogP contribution in [-0.4, -0.2) is 34.6 Å². The highest BCUT2D eigenvalue weighted by Gasteiger charge is 2.30. The fourth-order valence-electron chi connectivity index (χ4n) is 1.10. The highest BCUT2D eigenvalue weighted by Crippen LogP contribution is 2.26. The van der Waals surface area contributed by atoms with Gasteiger partial charge in [-0.05, 0) is 12.8 Å². The fraction of sp³-hybridized carbons (Fsp3) is 1.00. The van der Waals surface area contributed by atoms with E-state index in [9.17, 15) is 5.11 Å². The molecule has 0 aliphatic rings. The predicted molar refractivity (Wildman–Crippen MR) is 43.2 cm³/mol. The largest absolute Gasteiger partial charge is 0.396 e. The molecule has 0 aromatic heterocycles. The molecule has 0 saturated heterocycles. The summed E-state index contributed by atoms with van der Waals surface area (Å²) in [5.74, 6) is 0. The first-order valence-corrected chi connectivity index (χ1v) is 4.00. The van der Waals surface area contributed by atoms with Crippen molar-refractivity contribution in [3.05, 3.63) is 0 Å². The first-order chi connectivity index (χ1) is 5.10. The maximum atomic E-state index is 9.44. The van der Waals surface area contributed by atoms with Gasteiger partial charge in [-0.1, -0.05) is 13.8 Å². The Morgan fingerprint density at radius 1 is 1.36 bits per heavy atom. The average Bonchev–Trinajstić information content (AvgIpc) is 2.03. The second-order valence-electron chi connectivity index (χ2n) is 3.21. The first-order valence-electron chi connectivity index (χ1n) is 4.00. The molecule has 0 saturated carbocycles. The van der Waals surface area contributed by atoms with Gasteiger partial charge in [0, 0.05) is 12.0 Å². The van der Waals surface area contributed by atoms with E-state index in [1.54, 1.807) is 6.92 Å². The van der Waals surface area contributed by atoms with Gasteiger partial charge in [-0.2, -0.15) is 0 Å². The van der Waals surface area contributed by atoms with Gasteiger partial charge in [0.05, 0.1) is 12.7 Å². The predicted octanol–water partition coefficient (Wildman–Crippen LogP) is 0.138. The molecule has 3 heteroatoms. The highest BCUT2D eigenvalue weighted by molar-refractivity contribution is 4.80. The minimum absolute atomic E-state index is 0.00806. The SMILES string of the molecule is CC[C@H](O)[C@@](C)(CO)CCO. The average molecular weight is 162 g/mol. The summed E-state index contributed by atoms with van der Waals surface area (Å²) < 4.78 is 0. The molecule has 0 rings (SSSR count). The molecule has 0 spiro atoms. The van der Waals surface area contributed by atoms with Crippen molar-refractivity contribution in [2.75, 3.05) is 13.2 Å². The topological polar surface area (TPSA) is 60.7 Å². The van der Waals surface area contributed by atoms with Gasteiger partial charge in [0.25, 0.3) is 0 Å². The Hall–Kier alpha value is -0.120. The third-order valence-electron chi connectivity index (χ3n) is 2.24. The van der Waals surface area contributed by atoms with E-state index in [1.165, 1.54) is 0 Å². The van der Waals surface area contributed by atoms with Gasteiger partial charge in [-0.15, -0.1) is 0 Å². The Labute approximate surface area is 67.7 Å². The second kappa shape index (κ2) is 4.70. The monoisotopic (exact) mass is 162 g/mol. The molecule has 2 atom stereocenters. The number of hydrogen-bond donors (Lipinski definition) is 3.